The van der Waals surface area contributed by atoms with E-state index < -0.39 is 23.1 Å². The summed E-state index contributed by atoms with van der Waals surface area (Å²) in [6.45, 7) is -0.110. The van der Waals surface area contributed by atoms with Crippen LogP contribution in [0.2, 0.25) is 0 Å². The molecule has 1 N–H and O–H groups in total. The molecule has 0 aromatic heterocycles. The van der Waals surface area contributed by atoms with Crippen molar-refractivity contribution in [3.8, 4) is 11.1 Å². The minimum absolute atomic E-state index is 0.0119. The molecule has 3 aromatic rings. The van der Waals surface area contributed by atoms with Crippen LogP contribution in [0.3, 0.4) is 0 Å². The molecule has 1 atom stereocenters. The zero-order valence-corrected chi connectivity index (χ0v) is 16.2. The molecule has 3 aromatic carbocycles. The predicted molar refractivity (Wildman–Crippen MR) is 107 cm³/mol. The van der Waals surface area contributed by atoms with Crippen molar-refractivity contribution in [3.05, 3.63) is 89.5 Å². The Hall–Kier alpha value is -3.10. The standard InChI is InChI=1S/C21H17F2NO4S/c1-28-21(25)17-10-14(11-19(23)12-17)13-24(29(26)27)20-8-4-16(5-9-20)15-2-6-18(22)7-3-15/h2-12H,13H2,1H3,(H,26,27). The summed E-state index contributed by atoms with van der Waals surface area (Å²) in [6.07, 6.45) is 0. The van der Waals surface area contributed by atoms with E-state index in [1.807, 2.05) is 0 Å². The number of rotatable bonds is 6. The van der Waals surface area contributed by atoms with E-state index in [1.54, 1.807) is 36.4 Å². The van der Waals surface area contributed by atoms with E-state index in [0.29, 0.717) is 11.3 Å². The fraction of sp³-hybridized carbons (Fsp3) is 0.0952. The van der Waals surface area contributed by atoms with Crippen molar-refractivity contribution in [1.82, 2.24) is 0 Å². The van der Waals surface area contributed by atoms with Crippen molar-refractivity contribution in [2.45, 2.75) is 6.54 Å². The number of halogens is 2. The summed E-state index contributed by atoms with van der Waals surface area (Å²) in [5, 5.41) is 0. The average molecular weight is 417 g/mol. The third-order valence-corrected chi connectivity index (χ3v) is 4.94. The van der Waals surface area contributed by atoms with Crippen LogP contribution in [0.4, 0.5) is 14.5 Å². The summed E-state index contributed by atoms with van der Waals surface area (Å²) in [4.78, 5) is 11.7. The zero-order valence-electron chi connectivity index (χ0n) is 15.3. The molecule has 0 radical (unpaired) electrons. The minimum atomic E-state index is -2.39. The van der Waals surface area contributed by atoms with Gasteiger partial charge in [-0.1, -0.05) is 24.3 Å². The second-order valence-electron chi connectivity index (χ2n) is 6.16. The Morgan fingerprint density at radius 2 is 1.55 bits per heavy atom. The highest BCUT2D eigenvalue weighted by Crippen LogP contribution is 2.25. The van der Waals surface area contributed by atoms with Crippen molar-refractivity contribution in [1.29, 1.82) is 0 Å². The molecule has 29 heavy (non-hydrogen) atoms. The number of carbonyl (C=O) groups excluding carboxylic acids is 1. The van der Waals surface area contributed by atoms with Crippen LogP contribution >= 0.6 is 0 Å². The predicted octanol–water partition coefficient (Wildman–Crippen LogP) is 4.56. The average Bonchev–Trinajstić information content (AvgIpc) is 2.71. The molecule has 0 aliphatic carbocycles. The van der Waals surface area contributed by atoms with Crippen LogP contribution < -0.4 is 4.31 Å². The molecule has 0 bridgehead atoms. The maximum atomic E-state index is 13.9. The van der Waals surface area contributed by atoms with Gasteiger partial charge >= 0.3 is 5.97 Å². The summed E-state index contributed by atoms with van der Waals surface area (Å²) >= 11 is -2.39. The molecule has 0 aliphatic rings. The van der Waals surface area contributed by atoms with Crippen LogP contribution in [0, 0.1) is 11.6 Å². The van der Waals surface area contributed by atoms with Crippen LogP contribution in [-0.4, -0.2) is 21.8 Å². The first-order valence-corrected chi connectivity index (χ1v) is 9.56. The van der Waals surface area contributed by atoms with Crippen molar-refractivity contribution in [2.24, 2.45) is 0 Å². The topological polar surface area (TPSA) is 66.8 Å². The van der Waals surface area contributed by atoms with Gasteiger partial charge in [-0.25, -0.2) is 17.8 Å². The van der Waals surface area contributed by atoms with E-state index in [9.17, 15) is 22.3 Å². The second-order valence-corrected chi connectivity index (χ2v) is 7.06. The number of methoxy groups -OCH3 is 1. The molecule has 1 unspecified atom stereocenters. The third-order valence-electron chi connectivity index (χ3n) is 4.23. The molecule has 0 spiro atoms. The molecular weight excluding hydrogens is 400 g/mol. The van der Waals surface area contributed by atoms with Crippen LogP contribution in [0.25, 0.3) is 11.1 Å². The number of benzene rings is 3. The molecule has 0 amide bonds. The molecule has 150 valence electrons. The number of esters is 1. The van der Waals surface area contributed by atoms with Gasteiger partial charge in [-0.2, -0.15) is 0 Å². The van der Waals surface area contributed by atoms with E-state index >= 15 is 0 Å². The molecular formula is C21H17F2NO4S. The van der Waals surface area contributed by atoms with Crippen LogP contribution in [0.5, 0.6) is 0 Å². The SMILES string of the molecule is COC(=O)c1cc(F)cc(CN(c2ccc(-c3ccc(F)cc3)cc2)S(=O)O)c1. The van der Waals surface area contributed by atoms with Gasteiger partial charge in [0.05, 0.1) is 24.9 Å². The Bertz CT molecular complexity index is 1040. The van der Waals surface area contributed by atoms with Gasteiger partial charge in [0.25, 0.3) is 11.3 Å². The van der Waals surface area contributed by atoms with Gasteiger partial charge in [0.1, 0.15) is 11.6 Å². The monoisotopic (exact) mass is 417 g/mol. The molecule has 0 heterocycles. The Kier molecular flexibility index (Phi) is 6.36. The number of nitrogens with zero attached hydrogens (tertiary/aromatic N) is 1. The normalized spacial score (nSPS) is 11.7. The van der Waals surface area contributed by atoms with Crippen LogP contribution in [0.1, 0.15) is 15.9 Å². The highest BCUT2D eigenvalue weighted by atomic mass is 32.2. The summed E-state index contributed by atoms with van der Waals surface area (Å²) < 4.78 is 54.2. The summed E-state index contributed by atoms with van der Waals surface area (Å²) in [5.41, 5.74) is 2.35. The van der Waals surface area contributed by atoms with Gasteiger partial charge < -0.3 is 4.74 Å². The summed E-state index contributed by atoms with van der Waals surface area (Å²) in [7, 11) is 1.19. The molecule has 0 saturated heterocycles. The number of hydrogen-bond acceptors (Lipinski definition) is 3. The van der Waals surface area contributed by atoms with E-state index in [-0.39, 0.29) is 17.9 Å². The van der Waals surface area contributed by atoms with Gasteiger partial charge in [-0.05, 0) is 59.2 Å². The molecule has 0 fully saturated rings. The molecule has 0 aliphatic heterocycles. The highest BCUT2D eigenvalue weighted by molar-refractivity contribution is 7.80. The van der Waals surface area contributed by atoms with Gasteiger partial charge in [-0.15, -0.1) is 0 Å². The Morgan fingerprint density at radius 1 is 0.966 bits per heavy atom. The lowest BCUT2D eigenvalue weighted by Gasteiger charge is -2.21. The smallest absolute Gasteiger partial charge is 0.337 e. The van der Waals surface area contributed by atoms with Crippen molar-refractivity contribution in [3.63, 3.8) is 0 Å². The molecule has 0 saturated carbocycles. The lowest BCUT2D eigenvalue weighted by atomic mass is 10.1. The largest absolute Gasteiger partial charge is 0.465 e. The first kappa shape index (κ1) is 20.6. The Morgan fingerprint density at radius 3 is 2.10 bits per heavy atom. The van der Waals surface area contributed by atoms with Crippen LogP contribution in [-0.2, 0) is 22.5 Å². The number of hydrogen-bond donors (Lipinski definition) is 1. The zero-order chi connectivity index (χ0) is 21.0. The fourth-order valence-corrected chi connectivity index (χ4v) is 3.40. The maximum Gasteiger partial charge on any atom is 0.337 e. The molecule has 8 heteroatoms. The fourth-order valence-electron chi connectivity index (χ4n) is 2.84. The molecule has 5 nitrogen and oxygen atoms in total. The van der Waals surface area contributed by atoms with Gasteiger partial charge in [0.2, 0.25) is 0 Å². The highest BCUT2D eigenvalue weighted by Gasteiger charge is 2.16. The first-order chi connectivity index (χ1) is 13.9. The first-order valence-electron chi connectivity index (χ1n) is 8.49. The van der Waals surface area contributed by atoms with Gasteiger partial charge in [0, 0.05) is 0 Å². The number of anilines is 1. The Balaban J connectivity index is 1.87. The van der Waals surface area contributed by atoms with Crippen molar-refractivity contribution < 1.29 is 27.1 Å². The second kappa shape index (κ2) is 8.93. The quantitative estimate of drug-likeness (QED) is 0.472. The molecule has 3 rings (SSSR count). The van der Waals surface area contributed by atoms with Gasteiger partial charge in [0.15, 0.2) is 0 Å². The summed E-state index contributed by atoms with van der Waals surface area (Å²) in [5.74, 6) is -1.70. The van der Waals surface area contributed by atoms with E-state index in [2.05, 4.69) is 4.74 Å². The van der Waals surface area contributed by atoms with E-state index in [1.165, 1.54) is 31.4 Å². The third kappa shape index (κ3) is 5.04. The van der Waals surface area contributed by atoms with Crippen molar-refractivity contribution in [2.75, 3.05) is 11.4 Å². The summed E-state index contributed by atoms with van der Waals surface area (Å²) in [6, 6.07) is 16.3. The van der Waals surface area contributed by atoms with Gasteiger partial charge in [-0.3, -0.25) is 8.86 Å². The maximum absolute atomic E-state index is 13.9. The lowest BCUT2D eigenvalue weighted by molar-refractivity contribution is 0.0600. The van der Waals surface area contributed by atoms with E-state index in [0.717, 1.165) is 21.5 Å². The lowest BCUT2D eigenvalue weighted by Crippen LogP contribution is -2.24. The minimum Gasteiger partial charge on any atom is -0.465 e. The number of ether oxygens (including phenoxy) is 1. The van der Waals surface area contributed by atoms with Crippen molar-refractivity contribution >= 4 is 22.9 Å². The van der Waals surface area contributed by atoms with Crippen LogP contribution in [0.15, 0.2) is 66.7 Å². The van der Waals surface area contributed by atoms with E-state index in [4.69, 9.17) is 0 Å². The Labute approximate surface area is 169 Å². The number of carbonyl (C=O) groups is 1.